The molecule has 7 nitrogen and oxygen atoms in total. The predicted octanol–water partition coefficient (Wildman–Crippen LogP) is 6.51. The van der Waals surface area contributed by atoms with E-state index in [1.54, 1.807) is 17.7 Å². The van der Waals surface area contributed by atoms with E-state index >= 15 is 0 Å². The smallest absolute Gasteiger partial charge is 0.271 e. The van der Waals surface area contributed by atoms with Gasteiger partial charge in [-0.2, -0.15) is 10.4 Å². The van der Waals surface area contributed by atoms with E-state index in [-0.39, 0.29) is 11.6 Å². The molecule has 2 amide bonds. The summed E-state index contributed by atoms with van der Waals surface area (Å²) in [5.41, 5.74) is 4.66. The molecule has 0 N–H and O–H groups in total. The van der Waals surface area contributed by atoms with Gasteiger partial charge < -0.3 is 4.74 Å². The van der Waals surface area contributed by atoms with Crippen LogP contribution in [0.2, 0.25) is 0 Å². The summed E-state index contributed by atoms with van der Waals surface area (Å²) >= 11 is 0. The number of carbonyl (C=O) groups is 2. The first-order chi connectivity index (χ1) is 19.9. The van der Waals surface area contributed by atoms with Crippen LogP contribution in [0.5, 0.6) is 5.75 Å². The topological polar surface area (TPSA) is 88.2 Å². The third-order valence-electron chi connectivity index (χ3n) is 7.22. The Kier molecular flexibility index (Phi) is 7.93. The van der Waals surface area contributed by atoms with Crippen molar-refractivity contribution >= 4 is 17.9 Å². The van der Waals surface area contributed by atoms with E-state index in [2.05, 4.69) is 0 Å². The average Bonchev–Trinajstić information content (AvgIpc) is 3.43. The van der Waals surface area contributed by atoms with Crippen LogP contribution in [0, 0.1) is 11.3 Å². The van der Waals surface area contributed by atoms with Gasteiger partial charge in [-0.15, -0.1) is 0 Å². The fraction of sp³-hybridized carbons (Fsp3) is 0.176. The number of aromatic nitrogens is 2. The normalized spacial score (nSPS) is 15.3. The van der Waals surface area contributed by atoms with Crippen LogP contribution in [0.4, 0.5) is 0 Å². The van der Waals surface area contributed by atoms with Gasteiger partial charge in [0.1, 0.15) is 29.7 Å². The molecule has 0 spiro atoms. The number of carbonyl (C=O) groups excluding carboxylic acids is 2. The number of amides is 2. The minimum atomic E-state index is -0.551. The lowest BCUT2D eigenvalue weighted by Gasteiger charge is -2.31. The summed E-state index contributed by atoms with van der Waals surface area (Å²) < 4.78 is 7.83. The third-order valence-corrected chi connectivity index (χ3v) is 7.22. The lowest BCUT2D eigenvalue weighted by Crippen LogP contribution is -2.47. The maximum absolute atomic E-state index is 13.7. The van der Waals surface area contributed by atoms with Crippen LogP contribution in [0.25, 0.3) is 23.0 Å². The van der Waals surface area contributed by atoms with E-state index in [1.807, 2.05) is 111 Å². The van der Waals surface area contributed by atoms with Crippen molar-refractivity contribution in [2.45, 2.75) is 39.8 Å². The number of nitriles is 1. The highest BCUT2D eigenvalue weighted by atomic mass is 16.5. The molecule has 1 aliphatic heterocycles. The Bertz CT molecular complexity index is 1690. The van der Waals surface area contributed by atoms with Crippen LogP contribution < -0.4 is 4.74 Å². The Balaban J connectivity index is 1.61. The molecule has 41 heavy (non-hydrogen) atoms. The molecule has 1 atom stereocenters. The van der Waals surface area contributed by atoms with E-state index in [9.17, 15) is 14.9 Å². The van der Waals surface area contributed by atoms with Crippen LogP contribution in [0.3, 0.4) is 0 Å². The lowest BCUT2D eigenvalue weighted by atomic mass is 9.92. The molecule has 5 rings (SSSR count). The van der Waals surface area contributed by atoms with Crippen molar-refractivity contribution in [3.05, 3.63) is 119 Å². The number of benzene rings is 3. The van der Waals surface area contributed by atoms with Gasteiger partial charge in [0.05, 0.1) is 5.69 Å². The molecule has 0 aliphatic carbocycles. The van der Waals surface area contributed by atoms with Crippen LogP contribution in [-0.2, 0) is 16.2 Å². The fourth-order valence-corrected chi connectivity index (χ4v) is 4.74. The number of ether oxygens (including phenoxy) is 1. The largest absolute Gasteiger partial charge is 0.489 e. The molecular formula is C34H30N4O3. The molecule has 0 fully saturated rings. The monoisotopic (exact) mass is 542 g/mol. The molecule has 0 bridgehead atoms. The number of hydrogen-bond donors (Lipinski definition) is 0. The Morgan fingerprint density at radius 1 is 0.976 bits per heavy atom. The van der Waals surface area contributed by atoms with Crippen molar-refractivity contribution in [3.8, 4) is 28.8 Å². The van der Waals surface area contributed by atoms with E-state index in [0.717, 1.165) is 16.8 Å². The van der Waals surface area contributed by atoms with Gasteiger partial charge >= 0.3 is 0 Å². The first-order valence-electron chi connectivity index (χ1n) is 13.5. The molecule has 1 unspecified atom stereocenters. The molecule has 0 saturated carbocycles. The van der Waals surface area contributed by atoms with Gasteiger partial charge in [0.25, 0.3) is 11.8 Å². The maximum Gasteiger partial charge on any atom is 0.271 e. The summed E-state index contributed by atoms with van der Waals surface area (Å²) in [6.45, 7) is 5.78. The minimum absolute atomic E-state index is 0.0236. The second kappa shape index (κ2) is 11.9. The summed E-state index contributed by atoms with van der Waals surface area (Å²) in [7, 11) is 0. The van der Waals surface area contributed by atoms with E-state index in [0.29, 0.717) is 41.2 Å². The number of imide groups is 1. The number of para-hydroxylation sites is 1. The number of rotatable bonds is 8. The number of hydrogen-bond acceptors (Lipinski definition) is 5. The van der Waals surface area contributed by atoms with Crippen molar-refractivity contribution in [2.24, 2.45) is 0 Å². The summed E-state index contributed by atoms with van der Waals surface area (Å²) in [5, 5.41) is 14.7. The highest BCUT2D eigenvalue weighted by Gasteiger charge is 2.37. The van der Waals surface area contributed by atoms with Crippen molar-refractivity contribution in [1.82, 2.24) is 14.7 Å². The maximum atomic E-state index is 13.7. The summed E-state index contributed by atoms with van der Waals surface area (Å²) in [6, 6.07) is 28.9. The predicted molar refractivity (Wildman–Crippen MR) is 158 cm³/mol. The van der Waals surface area contributed by atoms with Gasteiger partial charge in [-0.05, 0) is 61.7 Å². The highest BCUT2D eigenvalue weighted by Crippen LogP contribution is 2.33. The quantitative estimate of drug-likeness (QED) is 0.187. The molecule has 1 aromatic heterocycles. The van der Waals surface area contributed by atoms with Crippen LogP contribution >= 0.6 is 0 Å². The van der Waals surface area contributed by atoms with Gasteiger partial charge in [0.15, 0.2) is 0 Å². The first kappa shape index (κ1) is 27.4. The van der Waals surface area contributed by atoms with Gasteiger partial charge in [-0.25, -0.2) is 4.68 Å². The van der Waals surface area contributed by atoms with Crippen molar-refractivity contribution in [2.75, 3.05) is 0 Å². The molecule has 204 valence electrons. The minimum Gasteiger partial charge on any atom is -0.489 e. The Hall–Kier alpha value is -5.22. The zero-order chi connectivity index (χ0) is 28.9. The second-order valence-corrected chi connectivity index (χ2v) is 9.92. The van der Waals surface area contributed by atoms with Gasteiger partial charge in [0.2, 0.25) is 0 Å². The summed E-state index contributed by atoms with van der Waals surface area (Å²) in [5.74, 6) is -0.284. The van der Waals surface area contributed by atoms with Crippen LogP contribution in [0.1, 0.15) is 38.3 Å². The standard InChI is InChI=1S/C34H30N4O3/c1-4-23(2)38-33(39)30(24(3)31(20-35)34(38)40)19-27-21-37(28-15-9-6-10-16-28)36-32(27)26-14-11-17-29(18-26)41-22-25-12-7-5-8-13-25/h5-19,21,23H,4,22H2,1-3H3/b30-19+. The summed E-state index contributed by atoms with van der Waals surface area (Å²) in [6.07, 6.45) is 4.16. The molecule has 0 saturated heterocycles. The fourth-order valence-electron chi connectivity index (χ4n) is 4.74. The zero-order valence-corrected chi connectivity index (χ0v) is 23.2. The van der Waals surface area contributed by atoms with Gasteiger partial charge in [-0.1, -0.05) is 67.6 Å². The average molecular weight is 543 g/mol. The second-order valence-electron chi connectivity index (χ2n) is 9.92. The van der Waals surface area contributed by atoms with Crippen LogP contribution in [-0.4, -0.2) is 32.5 Å². The molecule has 2 heterocycles. The molecule has 1 aliphatic rings. The SMILES string of the molecule is CCC(C)N1C(=O)C(C#N)=C(C)/C(=C\c2cn(-c3ccccc3)nc2-c2cccc(OCc3ccccc3)c2)C1=O. The van der Waals surface area contributed by atoms with Crippen molar-refractivity contribution in [1.29, 1.82) is 5.26 Å². The molecule has 4 aromatic rings. The van der Waals surface area contributed by atoms with Gasteiger partial charge in [0, 0.05) is 28.9 Å². The molecule has 7 heteroatoms. The number of nitrogens with zero attached hydrogens (tertiary/aromatic N) is 4. The van der Waals surface area contributed by atoms with E-state index in [1.165, 1.54) is 4.90 Å². The Morgan fingerprint density at radius 3 is 2.37 bits per heavy atom. The molecule has 0 radical (unpaired) electrons. The Morgan fingerprint density at radius 2 is 1.68 bits per heavy atom. The van der Waals surface area contributed by atoms with Crippen LogP contribution in [0.15, 0.2) is 108 Å². The van der Waals surface area contributed by atoms with E-state index < -0.39 is 11.8 Å². The van der Waals surface area contributed by atoms with Gasteiger partial charge in [-0.3, -0.25) is 14.5 Å². The van der Waals surface area contributed by atoms with Crippen molar-refractivity contribution < 1.29 is 14.3 Å². The van der Waals surface area contributed by atoms with E-state index in [4.69, 9.17) is 9.84 Å². The van der Waals surface area contributed by atoms with Crippen molar-refractivity contribution in [3.63, 3.8) is 0 Å². The molecular weight excluding hydrogens is 512 g/mol. The highest BCUT2D eigenvalue weighted by molar-refractivity contribution is 6.20. The molecule has 3 aromatic carbocycles. The third kappa shape index (κ3) is 5.59. The Labute approximate surface area is 239 Å². The first-order valence-corrected chi connectivity index (χ1v) is 13.5. The zero-order valence-electron chi connectivity index (χ0n) is 23.2. The lowest BCUT2D eigenvalue weighted by molar-refractivity contribution is -0.142. The summed E-state index contributed by atoms with van der Waals surface area (Å²) in [4.78, 5) is 27.9.